The summed E-state index contributed by atoms with van der Waals surface area (Å²) in [6.07, 6.45) is 5.58. The molecule has 0 radical (unpaired) electrons. The fourth-order valence-electron chi connectivity index (χ4n) is 3.32. The zero-order chi connectivity index (χ0) is 18.6. The zero-order valence-corrected chi connectivity index (χ0v) is 15.8. The predicted octanol–water partition coefficient (Wildman–Crippen LogP) is 4.54. The van der Waals surface area contributed by atoms with Crippen molar-refractivity contribution < 1.29 is 9.18 Å². The highest BCUT2D eigenvalue weighted by Gasteiger charge is 2.24. The van der Waals surface area contributed by atoms with Gasteiger partial charge in [-0.25, -0.2) is 14.1 Å². The summed E-state index contributed by atoms with van der Waals surface area (Å²) in [5.41, 5.74) is 0.680. The summed E-state index contributed by atoms with van der Waals surface area (Å²) in [7, 11) is 0. The van der Waals surface area contributed by atoms with Gasteiger partial charge < -0.3 is 4.90 Å². The molecule has 0 unspecified atom stereocenters. The molecular formula is C20H21FN4OS. The number of likely N-dealkylation sites (tertiary alicyclic amines) is 1. The molecule has 140 valence electrons. The molecule has 0 aliphatic carbocycles. The number of hydrogen-bond acceptors (Lipinski definition) is 4. The van der Waals surface area contributed by atoms with Gasteiger partial charge in [-0.3, -0.25) is 4.79 Å². The Kier molecular flexibility index (Phi) is 5.29. The molecule has 7 heteroatoms. The quantitative estimate of drug-likeness (QED) is 0.666. The Labute approximate surface area is 161 Å². The van der Waals surface area contributed by atoms with Crippen molar-refractivity contribution >= 4 is 17.2 Å². The van der Waals surface area contributed by atoms with Crippen molar-refractivity contribution in [1.29, 1.82) is 0 Å². The molecule has 4 rings (SSSR count). The van der Waals surface area contributed by atoms with Crippen molar-refractivity contribution in [1.82, 2.24) is 19.7 Å². The van der Waals surface area contributed by atoms with E-state index in [0.29, 0.717) is 11.5 Å². The normalized spacial score (nSPS) is 15.4. The van der Waals surface area contributed by atoms with Crippen LogP contribution in [0, 0.1) is 5.82 Å². The number of aromatic nitrogens is 3. The van der Waals surface area contributed by atoms with Gasteiger partial charge in [0.25, 0.3) is 5.91 Å². The first-order valence-corrected chi connectivity index (χ1v) is 10.2. The molecule has 0 bridgehead atoms. The molecule has 1 amide bonds. The van der Waals surface area contributed by atoms with Crippen LogP contribution in [0.25, 0.3) is 16.4 Å². The lowest BCUT2D eigenvalue weighted by Crippen LogP contribution is -2.34. The summed E-state index contributed by atoms with van der Waals surface area (Å²) in [6, 6.07) is 9.93. The van der Waals surface area contributed by atoms with E-state index in [4.69, 9.17) is 0 Å². The maximum atomic E-state index is 13.3. The lowest BCUT2D eigenvalue weighted by atomic mass is 10.1. The number of benzene rings is 1. The number of nitrogens with zero attached hydrogens (tertiary/aromatic N) is 4. The van der Waals surface area contributed by atoms with E-state index in [9.17, 15) is 9.18 Å². The lowest BCUT2D eigenvalue weighted by Gasteiger charge is -2.23. The third-order valence-electron chi connectivity index (χ3n) is 4.75. The smallest absolute Gasteiger partial charge is 0.293 e. The van der Waals surface area contributed by atoms with Crippen LogP contribution in [-0.2, 0) is 0 Å². The van der Waals surface area contributed by atoms with Gasteiger partial charge >= 0.3 is 0 Å². The summed E-state index contributed by atoms with van der Waals surface area (Å²) >= 11 is 1.53. The van der Waals surface area contributed by atoms with E-state index >= 15 is 0 Å². The minimum atomic E-state index is -0.312. The average molecular weight is 384 g/mol. The van der Waals surface area contributed by atoms with E-state index < -0.39 is 0 Å². The highest BCUT2D eigenvalue weighted by molar-refractivity contribution is 7.13. The Morgan fingerprint density at radius 2 is 1.70 bits per heavy atom. The van der Waals surface area contributed by atoms with Crippen LogP contribution in [-0.4, -0.2) is 38.7 Å². The average Bonchev–Trinajstić information content (AvgIpc) is 3.31. The molecule has 5 nitrogen and oxygen atoms in total. The Bertz CT molecular complexity index is 897. The standard InChI is InChI=1S/C20H21FN4OS/c21-15-8-10-16(11-9-15)25-19(17-7-6-14-27-17)22-18(23-25)20(26)24-12-4-2-1-3-5-13-24/h6-11,14H,1-5,12-13H2. The van der Waals surface area contributed by atoms with Gasteiger partial charge in [-0.2, -0.15) is 0 Å². The first kappa shape index (κ1) is 17.9. The molecule has 27 heavy (non-hydrogen) atoms. The Morgan fingerprint density at radius 1 is 1.00 bits per heavy atom. The van der Waals surface area contributed by atoms with Gasteiger partial charge in [-0.05, 0) is 48.6 Å². The predicted molar refractivity (Wildman–Crippen MR) is 104 cm³/mol. The van der Waals surface area contributed by atoms with Crippen LogP contribution in [0.1, 0.15) is 42.7 Å². The minimum absolute atomic E-state index is 0.129. The van der Waals surface area contributed by atoms with Crippen LogP contribution in [0.5, 0.6) is 0 Å². The molecule has 1 aliphatic heterocycles. The van der Waals surface area contributed by atoms with Crippen molar-refractivity contribution in [3.05, 3.63) is 53.4 Å². The molecule has 3 aromatic rings. The van der Waals surface area contributed by atoms with E-state index in [-0.39, 0.29) is 17.5 Å². The molecule has 1 aliphatic rings. The molecule has 0 N–H and O–H groups in total. The first-order chi connectivity index (χ1) is 13.2. The van der Waals surface area contributed by atoms with Gasteiger partial charge in [0.05, 0.1) is 10.6 Å². The van der Waals surface area contributed by atoms with Crippen LogP contribution in [0.2, 0.25) is 0 Å². The van der Waals surface area contributed by atoms with Crippen LogP contribution >= 0.6 is 11.3 Å². The first-order valence-electron chi connectivity index (χ1n) is 9.28. The molecule has 0 saturated carbocycles. The molecule has 1 aromatic carbocycles. The Balaban J connectivity index is 1.70. The van der Waals surface area contributed by atoms with Gasteiger partial charge in [-0.1, -0.05) is 25.3 Å². The summed E-state index contributed by atoms with van der Waals surface area (Å²) in [5, 5.41) is 6.45. The lowest BCUT2D eigenvalue weighted by molar-refractivity contribution is 0.0730. The molecule has 0 spiro atoms. The van der Waals surface area contributed by atoms with Crippen molar-refractivity contribution in [2.24, 2.45) is 0 Å². The van der Waals surface area contributed by atoms with Crippen molar-refractivity contribution in [2.45, 2.75) is 32.1 Å². The van der Waals surface area contributed by atoms with Crippen LogP contribution < -0.4 is 0 Å². The molecular weight excluding hydrogens is 363 g/mol. The fraction of sp³-hybridized carbons (Fsp3) is 0.350. The van der Waals surface area contributed by atoms with Gasteiger partial charge in [0, 0.05) is 13.1 Å². The van der Waals surface area contributed by atoms with Gasteiger partial charge in [-0.15, -0.1) is 16.4 Å². The second-order valence-corrected chi connectivity index (χ2v) is 7.63. The van der Waals surface area contributed by atoms with E-state index in [1.807, 2.05) is 22.4 Å². The zero-order valence-electron chi connectivity index (χ0n) is 15.0. The number of carbonyl (C=O) groups is 1. The van der Waals surface area contributed by atoms with E-state index in [2.05, 4.69) is 10.1 Å². The van der Waals surface area contributed by atoms with Crippen LogP contribution in [0.4, 0.5) is 4.39 Å². The highest BCUT2D eigenvalue weighted by atomic mass is 32.1. The monoisotopic (exact) mass is 384 g/mol. The van der Waals surface area contributed by atoms with Crippen LogP contribution in [0.15, 0.2) is 41.8 Å². The highest BCUT2D eigenvalue weighted by Crippen LogP contribution is 2.26. The Morgan fingerprint density at radius 3 is 2.37 bits per heavy atom. The largest absolute Gasteiger partial charge is 0.336 e. The third kappa shape index (κ3) is 3.93. The maximum absolute atomic E-state index is 13.3. The SMILES string of the molecule is O=C(c1nc(-c2cccs2)n(-c2ccc(F)cc2)n1)N1CCCCCCC1. The van der Waals surface area contributed by atoms with Crippen molar-refractivity contribution in [3.63, 3.8) is 0 Å². The third-order valence-corrected chi connectivity index (χ3v) is 5.62. The number of halogens is 1. The van der Waals surface area contributed by atoms with Gasteiger partial charge in [0.2, 0.25) is 5.82 Å². The molecule has 1 saturated heterocycles. The van der Waals surface area contributed by atoms with Crippen molar-refractivity contribution in [3.8, 4) is 16.4 Å². The number of hydrogen-bond donors (Lipinski definition) is 0. The second-order valence-electron chi connectivity index (χ2n) is 6.68. The number of carbonyl (C=O) groups excluding carboxylic acids is 1. The maximum Gasteiger partial charge on any atom is 0.293 e. The molecule has 1 fully saturated rings. The summed E-state index contributed by atoms with van der Waals surface area (Å²) in [5.74, 6) is 0.360. The summed E-state index contributed by atoms with van der Waals surface area (Å²) in [6.45, 7) is 1.50. The van der Waals surface area contributed by atoms with Crippen LogP contribution in [0.3, 0.4) is 0 Å². The Hall–Kier alpha value is -2.54. The van der Waals surface area contributed by atoms with E-state index in [1.54, 1.807) is 16.8 Å². The van der Waals surface area contributed by atoms with Crippen molar-refractivity contribution in [2.75, 3.05) is 13.1 Å². The van der Waals surface area contributed by atoms with E-state index in [1.165, 1.54) is 29.9 Å². The topological polar surface area (TPSA) is 51.0 Å². The van der Waals surface area contributed by atoms with Gasteiger partial charge in [0.15, 0.2) is 5.82 Å². The summed E-state index contributed by atoms with van der Waals surface area (Å²) in [4.78, 5) is 20.4. The molecule has 2 aromatic heterocycles. The van der Waals surface area contributed by atoms with Gasteiger partial charge in [0.1, 0.15) is 5.82 Å². The van der Waals surface area contributed by atoms with E-state index in [0.717, 1.165) is 43.6 Å². The number of rotatable bonds is 3. The summed E-state index contributed by atoms with van der Waals surface area (Å²) < 4.78 is 14.9. The number of amides is 1. The fourth-order valence-corrected chi connectivity index (χ4v) is 4.02. The second kappa shape index (κ2) is 8.00. The number of thiophene rings is 1. The molecule has 0 atom stereocenters. The minimum Gasteiger partial charge on any atom is -0.336 e. The molecule has 3 heterocycles.